The van der Waals surface area contributed by atoms with Gasteiger partial charge in [0.2, 0.25) is 0 Å². The third kappa shape index (κ3) is 3.84. The van der Waals surface area contributed by atoms with Crippen LogP contribution in [0.25, 0.3) is 0 Å². The summed E-state index contributed by atoms with van der Waals surface area (Å²) in [5.41, 5.74) is 2.31. The molecule has 0 aliphatic rings. The van der Waals surface area contributed by atoms with Crippen LogP contribution in [0.15, 0.2) is 91.0 Å². The molecule has 3 heteroatoms. The number of carbonyl (C=O) groups excluding carboxylic acids is 1. The molecule has 0 heterocycles. The molecule has 0 N–H and O–H groups in total. The number of esters is 1. The Labute approximate surface area is 154 Å². The second kappa shape index (κ2) is 8.45. The van der Waals surface area contributed by atoms with Gasteiger partial charge < -0.3 is 9.47 Å². The molecule has 0 amide bonds. The van der Waals surface area contributed by atoms with E-state index in [2.05, 4.69) is 36.4 Å². The maximum absolute atomic E-state index is 11.1. The van der Waals surface area contributed by atoms with Crippen LogP contribution in [0.1, 0.15) is 23.6 Å². The molecule has 0 spiro atoms. The van der Waals surface area contributed by atoms with Gasteiger partial charge in [0.1, 0.15) is 12.2 Å². The highest BCUT2D eigenvalue weighted by atomic mass is 16.6. The Kier molecular flexibility index (Phi) is 5.82. The summed E-state index contributed by atoms with van der Waals surface area (Å²) < 4.78 is 11.5. The number of hydrogen-bond acceptors (Lipinski definition) is 3. The second-order valence-electron chi connectivity index (χ2n) is 5.97. The molecular formula is C23H22O3. The molecule has 0 aliphatic heterocycles. The molecule has 3 nitrogen and oxygen atoms in total. The van der Waals surface area contributed by atoms with Crippen molar-refractivity contribution in [2.45, 2.75) is 12.5 Å². The van der Waals surface area contributed by atoms with E-state index in [0.717, 1.165) is 16.7 Å². The highest BCUT2D eigenvalue weighted by Gasteiger charge is 2.37. The fraction of sp³-hybridized carbons (Fsp3) is 0.174. The van der Waals surface area contributed by atoms with Crippen LogP contribution in [0.3, 0.4) is 0 Å². The van der Waals surface area contributed by atoms with E-state index in [9.17, 15) is 4.79 Å². The minimum atomic E-state index is -0.774. The van der Waals surface area contributed by atoms with E-state index >= 15 is 0 Å². The lowest BCUT2D eigenvalue weighted by atomic mass is 9.80. The summed E-state index contributed by atoms with van der Waals surface area (Å²) in [5.74, 6) is -0.307. The third-order valence-electron chi connectivity index (χ3n) is 4.25. The third-order valence-corrected chi connectivity index (χ3v) is 4.25. The number of benzene rings is 3. The van der Waals surface area contributed by atoms with Crippen molar-refractivity contribution < 1.29 is 14.3 Å². The zero-order chi connectivity index (χ0) is 18.2. The van der Waals surface area contributed by atoms with Crippen molar-refractivity contribution in [3.8, 4) is 0 Å². The number of rotatable bonds is 7. The molecule has 0 atom stereocenters. The lowest BCUT2D eigenvalue weighted by Gasteiger charge is -2.35. The molecular weight excluding hydrogens is 324 g/mol. The number of hydrogen-bond donors (Lipinski definition) is 0. The SMILES string of the molecule is CC(=O)OCCOC(c1ccccc1)(c1ccccc1)c1ccccc1. The van der Waals surface area contributed by atoms with Gasteiger partial charge in [0.05, 0.1) is 6.61 Å². The highest BCUT2D eigenvalue weighted by Crippen LogP contribution is 2.40. The highest BCUT2D eigenvalue weighted by molar-refractivity contribution is 5.65. The fourth-order valence-electron chi connectivity index (χ4n) is 3.15. The second-order valence-corrected chi connectivity index (χ2v) is 5.97. The quantitative estimate of drug-likeness (QED) is 0.357. The van der Waals surface area contributed by atoms with Gasteiger partial charge in [-0.3, -0.25) is 4.79 Å². The van der Waals surface area contributed by atoms with Crippen LogP contribution >= 0.6 is 0 Å². The van der Waals surface area contributed by atoms with E-state index in [4.69, 9.17) is 9.47 Å². The van der Waals surface area contributed by atoms with Crippen molar-refractivity contribution in [2.75, 3.05) is 13.2 Å². The van der Waals surface area contributed by atoms with Crippen molar-refractivity contribution in [1.82, 2.24) is 0 Å². The average Bonchev–Trinajstić information content (AvgIpc) is 2.70. The summed E-state index contributed by atoms with van der Waals surface area (Å²) in [6, 6.07) is 30.4. The van der Waals surface area contributed by atoms with Gasteiger partial charge in [-0.1, -0.05) is 91.0 Å². The Morgan fingerprint density at radius 2 is 1.08 bits per heavy atom. The van der Waals surface area contributed by atoms with Gasteiger partial charge in [0.25, 0.3) is 0 Å². The van der Waals surface area contributed by atoms with Crippen molar-refractivity contribution in [3.05, 3.63) is 108 Å². The van der Waals surface area contributed by atoms with Crippen LogP contribution in [-0.2, 0) is 19.9 Å². The molecule has 0 saturated heterocycles. The van der Waals surface area contributed by atoms with E-state index in [-0.39, 0.29) is 19.2 Å². The largest absolute Gasteiger partial charge is 0.463 e. The average molecular weight is 346 g/mol. The van der Waals surface area contributed by atoms with Crippen LogP contribution in [0.2, 0.25) is 0 Å². The molecule has 3 aromatic carbocycles. The van der Waals surface area contributed by atoms with Gasteiger partial charge in [-0.25, -0.2) is 0 Å². The predicted molar refractivity (Wildman–Crippen MR) is 102 cm³/mol. The summed E-state index contributed by atoms with van der Waals surface area (Å²) >= 11 is 0. The molecule has 0 aromatic heterocycles. The van der Waals surface area contributed by atoms with Gasteiger partial charge in [-0.15, -0.1) is 0 Å². The number of ether oxygens (including phenoxy) is 2. The Morgan fingerprint density at radius 3 is 1.42 bits per heavy atom. The van der Waals surface area contributed by atoms with Crippen LogP contribution < -0.4 is 0 Å². The Morgan fingerprint density at radius 1 is 0.692 bits per heavy atom. The van der Waals surface area contributed by atoms with Crippen molar-refractivity contribution >= 4 is 5.97 Å². The summed E-state index contributed by atoms with van der Waals surface area (Å²) in [6.45, 7) is 1.90. The molecule has 0 unspecified atom stereocenters. The summed E-state index contributed by atoms with van der Waals surface area (Å²) in [7, 11) is 0. The minimum Gasteiger partial charge on any atom is -0.463 e. The fourth-order valence-corrected chi connectivity index (χ4v) is 3.15. The predicted octanol–water partition coefficient (Wildman–Crippen LogP) is 4.56. The first-order valence-electron chi connectivity index (χ1n) is 8.67. The Bertz CT molecular complexity index is 717. The summed E-state index contributed by atoms with van der Waals surface area (Å²) in [6.07, 6.45) is 0. The Balaban J connectivity index is 2.10. The maximum Gasteiger partial charge on any atom is 0.302 e. The lowest BCUT2D eigenvalue weighted by Crippen LogP contribution is -2.34. The lowest BCUT2D eigenvalue weighted by molar-refractivity contribution is -0.143. The van der Waals surface area contributed by atoms with Crippen LogP contribution in [0, 0.1) is 0 Å². The van der Waals surface area contributed by atoms with Crippen LogP contribution in [0.5, 0.6) is 0 Å². The minimum absolute atomic E-state index is 0.212. The van der Waals surface area contributed by atoms with E-state index in [1.807, 2.05) is 54.6 Å². The van der Waals surface area contributed by atoms with Crippen molar-refractivity contribution in [3.63, 3.8) is 0 Å². The van der Waals surface area contributed by atoms with E-state index in [1.54, 1.807) is 0 Å². The van der Waals surface area contributed by atoms with E-state index in [0.29, 0.717) is 0 Å². The molecule has 3 aromatic rings. The van der Waals surface area contributed by atoms with Gasteiger partial charge >= 0.3 is 5.97 Å². The molecule has 3 rings (SSSR count). The first-order valence-corrected chi connectivity index (χ1v) is 8.67. The molecule has 0 saturated carbocycles. The van der Waals surface area contributed by atoms with E-state index < -0.39 is 5.60 Å². The number of carbonyl (C=O) groups is 1. The molecule has 0 bridgehead atoms. The monoisotopic (exact) mass is 346 g/mol. The molecule has 0 radical (unpaired) electrons. The summed E-state index contributed by atoms with van der Waals surface area (Å²) in [4.78, 5) is 11.1. The first kappa shape index (κ1) is 17.9. The molecule has 0 fully saturated rings. The zero-order valence-corrected chi connectivity index (χ0v) is 14.8. The van der Waals surface area contributed by atoms with Gasteiger partial charge in [-0.2, -0.15) is 0 Å². The van der Waals surface area contributed by atoms with Gasteiger partial charge in [0, 0.05) is 6.92 Å². The normalized spacial score (nSPS) is 11.1. The van der Waals surface area contributed by atoms with Crippen LogP contribution in [-0.4, -0.2) is 19.2 Å². The van der Waals surface area contributed by atoms with E-state index in [1.165, 1.54) is 6.92 Å². The molecule has 26 heavy (non-hydrogen) atoms. The van der Waals surface area contributed by atoms with Crippen molar-refractivity contribution in [1.29, 1.82) is 0 Å². The van der Waals surface area contributed by atoms with Crippen LogP contribution in [0.4, 0.5) is 0 Å². The maximum atomic E-state index is 11.1. The topological polar surface area (TPSA) is 35.5 Å². The molecule has 0 aliphatic carbocycles. The smallest absolute Gasteiger partial charge is 0.302 e. The summed E-state index contributed by atoms with van der Waals surface area (Å²) in [5, 5.41) is 0. The zero-order valence-electron chi connectivity index (χ0n) is 14.8. The van der Waals surface area contributed by atoms with Crippen molar-refractivity contribution in [2.24, 2.45) is 0 Å². The van der Waals surface area contributed by atoms with Gasteiger partial charge in [0.15, 0.2) is 0 Å². The first-order chi connectivity index (χ1) is 12.7. The standard InChI is InChI=1S/C23H22O3/c1-19(24)25-17-18-26-23(20-11-5-2-6-12-20,21-13-7-3-8-14-21)22-15-9-4-10-16-22/h2-16H,17-18H2,1H3. The Hall–Kier alpha value is -2.91. The van der Waals surface area contributed by atoms with Gasteiger partial charge in [-0.05, 0) is 16.7 Å². The molecule has 132 valence electrons.